The minimum absolute atomic E-state index is 0.0312. The van der Waals surface area contributed by atoms with Crippen molar-refractivity contribution in [3.05, 3.63) is 48.0 Å². The van der Waals surface area contributed by atoms with E-state index < -0.39 is 0 Å². The topological polar surface area (TPSA) is 76.8 Å². The van der Waals surface area contributed by atoms with Crippen LogP contribution in [0.4, 0.5) is 6.01 Å². The highest BCUT2D eigenvalue weighted by molar-refractivity contribution is 5.80. The standard InChI is InChI=1S/C22H25N3O4/c1-27-17-10-9-15(20(12-17)28-2)13-23-21(26)16-6-5-11-25(14-16)22-24-18-7-3-4-8-19(18)29-22/h3-4,7-10,12,16H,5-6,11,13-14H2,1-2H3,(H,23,26)/t16-/m0/s1. The van der Waals surface area contributed by atoms with E-state index >= 15 is 0 Å². The molecule has 1 aliphatic heterocycles. The first-order chi connectivity index (χ1) is 14.2. The van der Waals surface area contributed by atoms with Gasteiger partial charge in [0.1, 0.15) is 17.0 Å². The molecule has 1 aliphatic rings. The molecule has 0 unspecified atom stereocenters. The molecule has 0 spiro atoms. The van der Waals surface area contributed by atoms with Crippen LogP contribution in [0.3, 0.4) is 0 Å². The molecule has 1 N–H and O–H groups in total. The molecule has 0 saturated carbocycles. The van der Waals surface area contributed by atoms with Gasteiger partial charge in [-0.15, -0.1) is 0 Å². The molecule has 7 heteroatoms. The molecule has 1 amide bonds. The van der Waals surface area contributed by atoms with E-state index in [1.807, 2.05) is 42.5 Å². The number of piperidine rings is 1. The predicted molar refractivity (Wildman–Crippen MR) is 110 cm³/mol. The molecule has 0 bridgehead atoms. The summed E-state index contributed by atoms with van der Waals surface area (Å²) in [5, 5.41) is 3.04. The van der Waals surface area contributed by atoms with E-state index in [-0.39, 0.29) is 11.8 Å². The minimum atomic E-state index is -0.108. The van der Waals surface area contributed by atoms with Crippen molar-refractivity contribution in [3.8, 4) is 11.5 Å². The molecule has 1 aromatic heterocycles. The number of para-hydroxylation sites is 2. The van der Waals surface area contributed by atoms with Crippen molar-refractivity contribution in [2.75, 3.05) is 32.2 Å². The van der Waals surface area contributed by atoms with Crippen molar-refractivity contribution in [1.29, 1.82) is 0 Å². The monoisotopic (exact) mass is 395 g/mol. The molecule has 2 heterocycles. The van der Waals surface area contributed by atoms with Crippen molar-refractivity contribution in [2.45, 2.75) is 19.4 Å². The number of rotatable bonds is 6. The van der Waals surface area contributed by atoms with Gasteiger partial charge in [-0.1, -0.05) is 12.1 Å². The second-order valence-electron chi connectivity index (χ2n) is 7.14. The lowest BCUT2D eigenvalue weighted by atomic mass is 9.97. The molecule has 1 fully saturated rings. The van der Waals surface area contributed by atoms with Crippen LogP contribution >= 0.6 is 0 Å². The van der Waals surface area contributed by atoms with Crippen molar-refractivity contribution in [3.63, 3.8) is 0 Å². The fourth-order valence-corrected chi connectivity index (χ4v) is 3.68. The Labute approximate surface area is 169 Å². The third-order valence-electron chi connectivity index (χ3n) is 5.29. The summed E-state index contributed by atoms with van der Waals surface area (Å²) in [6.07, 6.45) is 1.77. The number of aromatic nitrogens is 1. The molecular formula is C22H25N3O4. The van der Waals surface area contributed by atoms with Crippen LogP contribution in [0.25, 0.3) is 11.1 Å². The Morgan fingerprint density at radius 2 is 2.10 bits per heavy atom. The minimum Gasteiger partial charge on any atom is -0.497 e. The highest BCUT2D eigenvalue weighted by atomic mass is 16.5. The lowest BCUT2D eigenvalue weighted by Gasteiger charge is -2.30. The fourth-order valence-electron chi connectivity index (χ4n) is 3.68. The van der Waals surface area contributed by atoms with Gasteiger partial charge in [0.25, 0.3) is 6.01 Å². The quantitative estimate of drug-likeness (QED) is 0.690. The number of benzene rings is 2. The molecule has 29 heavy (non-hydrogen) atoms. The summed E-state index contributed by atoms with van der Waals surface area (Å²) in [4.78, 5) is 19.4. The molecular weight excluding hydrogens is 370 g/mol. The number of hydrogen-bond donors (Lipinski definition) is 1. The van der Waals surface area contributed by atoms with Gasteiger partial charge in [-0.3, -0.25) is 4.79 Å². The number of amides is 1. The normalized spacial score (nSPS) is 16.6. The third kappa shape index (κ3) is 4.13. The molecule has 4 rings (SSSR count). The lowest BCUT2D eigenvalue weighted by Crippen LogP contribution is -2.43. The maximum absolute atomic E-state index is 12.8. The van der Waals surface area contributed by atoms with Crippen LogP contribution in [0.2, 0.25) is 0 Å². The van der Waals surface area contributed by atoms with Crippen LogP contribution in [-0.4, -0.2) is 38.2 Å². The SMILES string of the molecule is COc1ccc(CNC(=O)[C@H]2CCCN(c3nc4ccccc4o3)C2)c(OC)c1. The van der Waals surface area contributed by atoms with Crippen molar-refractivity contribution in [2.24, 2.45) is 5.92 Å². The third-order valence-corrected chi connectivity index (χ3v) is 5.29. The Bertz CT molecular complexity index is 968. The van der Waals surface area contributed by atoms with Gasteiger partial charge >= 0.3 is 0 Å². The largest absolute Gasteiger partial charge is 0.497 e. The average Bonchev–Trinajstić information content (AvgIpc) is 3.22. The molecule has 1 saturated heterocycles. The zero-order chi connectivity index (χ0) is 20.2. The number of fused-ring (bicyclic) bond motifs is 1. The molecule has 2 aromatic carbocycles. The van der Waals surface area contributed by atoms with Gasteiger partial charge in [-0.2, -0.15) is 4.98 Å². The summed E-state index contributed by atoms with van der Waals surface area (Å²) in [6, 6.07) is 13.9. The molecule has 1 atom stereocenters. The Morgan fingerprint density at radius 1 is 1.24 bits per heavy atom. The van der Waals surface area contributed by atoms with Crippen LogP contribution in [0.1, 0.15) is 18.4 Å². The first kappa shape index (κ1) is 19.1. The highest BCUT2D eigenvalue weighted by Gasteiger charge is 2.28. The van der Waals surface area contributed by atoms with E-state index in [2.05, 4.69) is 15.2 Å². The Hall–Kier alpha value is -3.22. The summed E-state index contributed by atoms with van der Waals surface area (Å²) in [7, 11) is 3.22. The number of nitrogens with one attached hydrogen (secondary N) is 1. The van der Waals surface area contributed by atoms with Crippen molar-refractivity contribution in [1.82, 2.24) is 10.3 Å². The smallest absolute Gasteiger partial charge is 0.298 e. The number of carbonyl (C=O) groups is 1. The fraction of sp³-hybridized carbons (Fsp3) is 0.364. The highest BCUT2D eigenvalue weighted by Crippen LogP contribution is 2.27. The zero-order valence-electron chi connectivity index (χ0n) is 16.7. The Morgan fingerprint density at radius 3 is 2.90 bits per heavy atom. The Kier molecular flexibility index (Phi) is 5.55. The van der Waals surface area contributed by atoms with E-state index in [9.17, 15) is 4.79 Å². The second kappa shape index (κ2) is 8.43. The predicted octanol–water partition coefficient (Wildman–Crippen LogP) is 3.38. The van der Waals surface area contributed by atoms with Crippen LogP contribution < -0.4 is 19.7 Å². The van der Waals surface area contributed by atoms with Gasteiger partial charge in [0.2, 0.25) is 5.91 Å². The van der Waals surface area contributed by atoms with Crippen LogP contribution in [0.15, 0.2) is 46.9 Å². The average molecular weight is 395 g/mol. The number of ether oxygens (including phenoxy) is 2. The van der Waals surface area contributed by atoms with Crippen molar-refractivity contribution < 1.29 is 18.7 Å². The summed E-state index contributed by atoms with van der Waals surface area (Å²) >= 11 is 0. The van der Waals surface area contributed by atoms with Gasteiger partial charge in [0.15, 0.2) is 5.58 Å². The van der Waals surface area contributed by atoms with Gasteiger partial charge in [-0.25, -0.2) is 0 Å². The van der Waals surface area contributed by atoms with Gasteiger partial charge in [-0.05, 0) is 37.1 Å². The maximum Gasteiger partial charge on any atom is 0.298 e. The van der Waals surface area contributed by atoms with E-state index in [0.29, 0.717) is 24.9 Å². The van der Waals surface area contributed by atoms with Crippen LogP contribution in [0.5, 0.6) is 11.5 Å². The number of oxazole rings is 1. The summed E-state index contributed by atoms with van der Waals surface area (Å²) < 4.78 is 16.5. The second-order valence-corrected chi connectivity index (χ2v) is 7.14. The van der Waals surface area contributed by atoms with Crippen LogP contribution in [0, 0.1) is 5.92 Å². The summed E-state index contributed by atoms with van der Waals surface area (Å²) in [5.41, 5.74) is 2.51. The number of carbonyl (C=O) groups excluding carboxylic acids is 1. The molecule has 7 nitrogen and oxygen atoms in total. The molecule has 0 radical (unpaired) electrons. The summed E-state index contributed by atoms with van der Waals surface area (Å²) in [6.45, 7) is 1.84. The van der Waals surface area contributed by atoms with Crippen LogP contribution in [-0.2, 0) is 11.3 Å². The number of hydrogen-bond acceptors (Lipinski definition) is 6. The van der Waals surface area contributed by atoms with Crippen molar-refractivity contribution >= 4 is 23.0 Å². The van der Waals surface area contributed by atoms with E-state index in [1.165, 1.54) is 0 Å². The molecule has 3 aromatic rings. The number of methoxy groups -OCH3 is 2. The zero-order valence-corrected chi connectivity index (χ0v) is 16.7. The lowest BCUT2D eigenvalue weighted by molar-refractivity contribution is -0.125. The van der Waals surface area contributed by atoms with E-state index in [0.717, 1.165) is 41.8 Å². The first-order valence-electron chi connectivity index (χ1n) is 9.77. The molecule has 0 aliphatic carbocycles. The first-order valence-corrected chi connectivity index (χ1v) is 9.77. The summed E-state index contributed by atoms with van der Waals surface area (Å²) in [5.74, 6) is 1.34. The maximum atomic E-state index is 12.8. The van der Waals surface area contributed by atoms with E-state index in [1.54, 1.807) is 14.2 Å². The molecule has 152 valence electrons. The Balaban J connectivity index is 1.40. The number of anilines is 1. The van der Waals surface area contributed by atoms with Gasteiger partial charge < -0.3 is 24.1 Å². The number of nitrogens with zero attached hydrogens (tertiary/aromatic N) is 2. The van der Waals surface area contributed by atoms with Gasteiger partial charge in [0, 0.05) is 31.3 Å². The van der Waals surface area contributed by atoms with E-state index in [4.69, 9.17) is 13.9 Å². The van der Waals surface area contributed by atoms with Gasteiger partial charge in [0.05, 0.1) is 20.1 Å².